The van der Waals surface area contributed by atoms with Gasteiger partial charge in [-0.05, 0) is 191 Å². The van der Waals surface area contributed by atoms with Gasteiger partial charge >= 0.3 is 0 Å². The van der Waals surface area contributed by atoms with Gasteiger partial charge in [0.05, 0.1) is 266 Å². The van der Waals surface area contributed by atoms with Crippen molar-refractivity contribution in [2.45, 2.75) is 241 Å². The molecule has 8 aromatic rings. The molecule has 0 aromatic heterocycles. The Kier molecular flexibility index (Phi) is 81.5. The second kappa shape index (κ2) is 86.9. The number of hydrogen-bond acceptors (Lipinski definition) is 8. The van der Waals surface area contributed by atoms with Gasteiger partial charge in [0.1, 0.15) is 52.4 Å². The van der Waals surface area contributed by atoms with E-state index >= 15 is 0 Å². The van der Waals surface area contributed by atoms with Crippen molar-refractivity contribution in [3.63, 3.8) is 0 Å². The molecule has 2 unspecified atom stereocenters. The van der Waals surface area contributed by atoms with Gasteiger partial charge in [-0.3, -0.25) is 0 Å². The molecule has 0 bridgehead atoms. The van der Waals surface area contributed by atoms with E-state index in [1.807, 2.05) is 36.4 Å². The lowest BCUT2D eigenvalue weighted by molar-refractivity contribution is -0.927. The van der Waals surface area contributed by atoms with Crippen LogP contribution in [0.2, 0.25) is 0 Å². The van der Waals surface area contributed by atoms with Crippen LogP contribution >= 0.6 is 0 Å². The molecule has 2 atom stereocenters. The lowest BCUT2D eigenvalue weighted by atomic mass is 10.2. The van der Waals surface area contributed by atoms with Crippen molar-refractivity contribution in [2.75, 3.05) is 292 Å². The number of hydrogen-bond donors (Lipinski definition) is 0. The highest BCUT2D eigenvalue weighted by Crippen LogP contribution is 2.18. The average molecular weight is 2000 g/mol. The summed E-state index contributed by atoms with van der Waals surface area (Å²) in [5.41, 5.74) is 10.5. The standard InChI is InChI=1S/C19H34NO.2C18H32NO.C17H30NO.C16H28NO.C15H26NO.C13H22NO.C12H20NO/c1-4-7-15-20(6-3,14-5-2)16-18-21-17-13-19-11-9-8-10-12-19;1-4-13-19(6-3,14-5-2)15-17-20-16-12-18-10-8-7-9-11-18;1-4-7-14-19(6-3,13-5-2)15-16-20-17-18-11-9-8-10-12-18;1-4-12-18(6-3,13-5-2)14-15-19-16-17-10-8-7-9-11-17;1-4-17(5-2,6-3)13-15-18-14-12-16-10-8-7-9-11-16;1-4-16(5-2,6-3)12-13-17-14-15-10-8-7-9-11-15;1-14(2,3)10-12-15-11-9-13-7-5-4-6-8-13;1-13(2,3)9-10-14-11-12-7-5-4-6-8-12/h8-12H,4-7,13-18H2,1-3H3;7-11H,4-6,12-17H2,1-3H3;8-12H,4-7,13-17H2,1-3H3;7-11H,4-6,12-16H2,1-3H3;7-11H,4-6,12-15H2,1-3H3;7-11H,4-6,12-14H2,1-3H3;4-8H,9-12H2,1-3H3;4-8H,9-11H2,1-3H3/q8*+1. The van der Waals surface area contributed by atoms with Crippen LogP contribution in [0.1, 0.15) is 233 Å². The Morgan fingerprint density at radius 3 is 0.465 bits per heavy atom. The molecule has 8 aromatic carbocycles. The first-order valence-electron chi connectivity index (χ1n) is 57.4. The number of quaternary nitrogens is 8. The maximum Gasteiger partial charge on any atom is 0.102 e. The van der Waals surface area contributed by atoms with Crippen LogP contribution in [0.3, 0.4) is 0 Å². The molecule has 16 heteroatoms. The van der Waals surface area contributed by atoms with E-state index in [2.05, 4.69) is 373 Å². The normalized spacial score (nSPS) is 12.4. The number of nitrogens with zero attached hydrogens (tertiary/aromatic N) is 8. The molecule has 144 heavy (non-hydrogen) atoms. The van der Waals surface area contributed by atoms with Crippen LogP contribution in [0.5, 0.6) is 0 Å². The zero-order valence-corrected chi connectivity index (χ0v) is 97.5. The maximum atomic E-state index is 5.91. The van der Waals surface area contributed by atoms with E-state index in [0.717, 1.165) is 191 Å². The highest BCUT2D eigenvalue weighted by Gasteiger charge is 2.28. The SMILES string of the molecule is CCCC[N+](CC)(CCC)CCOCCc1ccccc1.CCCC[N+](CC)(CCC)CCOCc1ccccc1.CCC[N+](CC)(CCC)CCOCCc1ccccc1.CCC[N+](CC)(CCC)CCOCc1ccccc1.CC[N+](CC)(CC)CCOCCc1ccccc1.CC[N+](CC)(CC)CCOCc1ccccc1.C[N+](C)(C)CCOCCc1ccccc1.C[N+](C)(C)CCOCc1ccccc1. The topological polar surface area (TPSA) is 73.8 Å². The molecule has 0 fully saturated rings. The number of unbranched alkanes of at least 4 members (excludes halogenated alkanes) is 2. The fraction of sp³-hybridized carbons (Fsp3) is 0.625. The zero-order valence-electron chi connectivity index (χ0n) is 97.5. The quantitative estimate of drug-likeness (QED) is 0.0276. The summed E-state index contributed by atoms with van der Waals surface area (Å²) in [4.78, 5) is 0. The molecule has 0 aliphatic carbocycles. The first-order valence-corrected chi connectivity index (χ1v) is 57.4. The van der Waals surface area contributed by atoms with E-state index in [0.29, 0.717) is 0 Å². The molecule has 8 rings (SSSR count). The third-order valence-electron chi connectivity index (χ3n) is 28.9. The number of ether oxygens (including phenoxy) is 8. The third-order valence-corrected chi connectivity index (χ3v) is 28.9. The minimum atomic E-state index is 0.723. The fourth-order valence-electron chi connectivity index (χ4n) is 18.4. The van der Waals surface area contributed by atoms with Crippen LogP contribution in [0.25, 0.3) is 0 Å². The van der Waals surface area contributed by atoms with Gasteiger partial charge in [0.2, 0.25) is 0 Å². The molecule has 0 saturated heterocycles. The van der Waals surface area contributed by atoms with E-state index in [1.165, 1.54) is 255 Å². The molecule has 816 valence electrons. The Bertz CT molecular complexity index is 4010. The second-order valence-electron chi connectivity index (χ2n) is 41.6. The predicted octanol–water partition coefficient (Wildman–Crippen LogP) is 26.4. The van der Waals surface area contributed by atoms with Crippen LogP contribution in [0.4, 0.5) is 0 Å². The van der Waals surface area contributed by atoms with Crippen LogP contribution < -0.4 is 0 Å². The minimum Gasteiger partial charge on any atom is -0.375 e. The van der Waals surface area contributed by atoms with Crippen molar-refractivity contribution >= 4 is 0 Å². The number of rotatable bonds is 72. The van der Waals surface area contributed by atoms with Crippen molar-refractivity contribution in [1.82, 2.24) is 0 Å². The van der Waals surface area contributed by atoms with Crippen molar-refractivity contribution in [1.29, 1.82) is 0 Å². The van der Waals surface area contributed by atoms with Gasteiger partial charge in [0.25, 0.3) is 0 Å². The highest BCUT2D eigenvalue weighted by atomic mass is 16.5. The van der Waals surface area contributed by atoms with Crippen molar-refractivity contribution in [3.05, 3.63) is 287 Å². The molecule has 0 saturated carbocycles. The summed E-state index contributed by atoms with van der Waals surface area (Å²) in [7, 11) is 13.1. The summed E-state index contributed by atoms with van der Waals surface area (Å²) < 4.78 is 55.4. The summed E-state index contributed by atoms with van der Waals surface area (Å²) in [5.74, 6) is 0. The Morgan fingerprint density at radius 1 is 0.146 bits per heavy atom. The Balaban J connectivity index is 0.000000825. The smallest absolute Gasteiger partial charge is 0.102 e. The molecule has 0 amide bonds. The number of likely N-dealkylation sites (N-methyl/N-ethyl adjacent to an activating group) is 8. The summed E-state index contributed by atoms with van der Waals surface area (Å²) >= 11 is 0. The Morgan fingerprint density at radius 2 is 0.299 bits per heavy atom. The molecule has 0 radical (unpaired) electrons. The Labute approximate surface area is 888 Å². The Hall–Kier alpha value is -6.88. The van der Waals surface area contributed by atoms with Crippen molar-refractivity contribution in [2.24, 2.45) is 0 Å². The monoisotopic (exact) mass is 2000 g/mol. The predicted molar refractivity (Wildman–Crippen MR) is 621 cm³/mol. The van der Waals surface area contributed by atoms with E-state index in [9.17, 15) is 0 Å². The summed E-state index contributed by atoms with van der Waals surface area (Å²) in [6, 6.07) is 83.8. The molecular formula is C128H224N8O8+8. The first kappa shape index (κ1) is 135. The molecule has 0 N–H and O–H groups in total. The largest absolute Gasteiger partial charge is 0.375 e. The van der Waals surface area contributed by atoms with Crippen LogP contribution in [-0.2, 0) is 90.0 Å². The van der Waals surface area contributed by atoms with Gasteiger partial charge in [0, 0.05) is 0 Å². The van der Waals surface area contributed by atoms with Crippen LogP contribution in [0.15, 0.2) is 243 Å². The van der Waals surface area contributed by atoms with Gasteiger partial charge in [-0.25, -0.2) is 0 Å². The van der Waals surface area contributed by atoms with Gasteiger partial charge < -0.3 is 73.8 Å². The van der Waals surface area contributed by atoms with E-state index in [1.54, 1.807) is 0 Å². The molecule has 0 aliphatic rings. The minimum absolute atomic E-state index is 0.723. The van der Waals surface area contributed by atoms with E-state index < -0.39 is 0 Å². The van der Waals surface area contributed by atoms with Gasteiger partial charge in [0.15, 0.2) is 0 Å². The lowest BCUT2D eigenvalue weighted by Crippen LogP contribution is -2.51. The first-order chi connectivity index (χ1) is 69.7. The van der Waals surface area contributed by atoms with Crippen LogP contribution in [0, 0.1) is 0 Å². The number of benzene rings is 8. The van der Waals surface area contributed by atoms with E-state index in [-0.39, 0.29) is 0 Å². The van der Waals surface area contributed by atoms with Crippen molar-refractivity contribution < 1.29 is 73.8 Å². The molecule has 16 nitrogen and oxygen atoms in total. The fourth-order valence-corrected chi connectivity index (χ4v) is 18.4. The average Bonchev–Trinajstić information content (AvgIpc) is 0.890. The maximum absolute atomic E-state index is 5.91. The molecule has 0 aliphatic heterocycles. The summed E-state index contributed by atoms with van der Waals surface area (Å²) in [6.07, 6.45) is 16.9. The summed E-state index contributed by atoms with van der Waals surface area (Å²) in [6.45, 7) is 85.8. The summed E-state index contributed by atoms with van der Waals surface area (Å²) in [5, 5.41) is 0. The third kappa shape index (κ3) is 68.0. The highest BCUT2D eigenvalue weighted by molar-refractivity contribution is 5.19. The van der Waals surface area contributed by atoms with Gasteiger partial charge in [-0.1, -0.05) is 311 Å². The van der Waals surface area contributed by atoms with Crippen molar-refractivity contribution in [3.8, 4) is 0 Å². The van der Waals surface area contributed by atoms with Crippen LogP contribution in [-0.4, -0.2) is 328 Å². The zero-order chi connectivity index (χ0) is 106. The molecule has 0 spiro atoms. The lowest BCUT2D eigenvalue weighted by Gasteiger charge is -2.37. The second-order valence-corrected chi connectivity index (χ2v) is 41.6. The molecule has 0 heterocycles. The van der Waals surface area contributed by atoms with E-state index in [4.69, 9.17) is 37.9 Å². The van der Waals surface area contributed by atoms with Gasteiger partial charge in [-0.2, -0.15) is 0 Å². The van der Waals surface area contributed by atoms with Gasteiger partial charge in [-0.15, -0.1) is 0 Å². The molecular weight excluding hydrogens is 1780 g/mol.